The van der Waals surface area contributed by atoms with Crippen LogP contribution in [-0.2, 0) is 14.4 Å². The molecule has 5 nitrogen and oxygen atoms in total. The Morgan fingerprint density at radius 1 is 1.05 bits per heavy atom. The maximum atomic E-state index is 12.5. The Labute approximate surface area is 124 Å². The van der Waals surface area contributed by atoms with E-state index in [1.54, 1.807) is 0 Å². The second-order valence-corrected chi connectivity index (χ2v) is 7.07. The van der Waals surface area contributed by atoms with Crippen molar-refractivity contribution in [1.29, 1.82) is 0 Å². The molecule has 3 fully saturated rings. The third-order valence-corrected chi connectivity index (χ3v) is 5.62. The smallest absolute Gasteiger partial charge is 0.306 e. The van der Waals surface area contributed by atoms with Crippen molar-refractivity contribution in [3.05, 3.63) is 0 Å². The van der Waals surface area contributed by atoms with Crippen molar-refractivity contribution >= 4 is 17.8 Å². The van der Waals surface area contributed by atoms with Crippen LogP contribution in [0.5, 0.6) is 0 Å². The molecule has 2 atom stereocenters. The van der Waals surface area contributed by atoms with E-state index in [1.165, 1.54) is 11.3 Å². The Balaban J connectivity index is 1.70. The van der Waals surface area contributed by atoms with Crippen molar-refractivity contribution in [2.45, 2.75) is 70.3 Å². The van der Waals surface area contributed by atoms with Gasteiger partial charge in [-0.25, -0.2) is 0 Å². The van der Waals surface area contributed by atoms with E-state index in [-0.39, 0.29) is 23.3 Å². The quantitative estimate of drug-likeness (QED) is 0.793. The molecule has 1 N–H and O–H groups in total. The fourth-order valence-corrected chi connectivity index (χ4v) is 4.49. The Hall–Kier alpha value is -1.39. The molecule has 3 rings (SSSR count). The average Bonchev–Trinajstić information content (AvgIpc) is 2.88. The molecule has 0 aromatic heterocycles. The van der Waals surface area contributed by atoms with Crippen molar-refractivity contribution in [2.75, 3.05) is 0 Å². The minimum atomic E-state index is -0.807. The fraction of sp³-hybridized carbons (Fsp3) is 0.812. The van der Waals surface area contributed by atoms with Crippen LogP contribution in [0.4, 0.5) is 0 Å². The summed E-state index contributed by atoms with van der Waals surface area (Å²) in [4.78, 5) is 37.5. The monoisotopic (exact) mass is 293 g/mol. The molecule has 1 heterocycles. The summed E-state index contributed by atoms with van der Waals surface area (Å²) >= 11 is 0. The first-order valence-corrected chi connectivity index (χ1v) is 8.08. The highest BCUT2D eigenvalue weighted by Gasteiger charge is 2.47. The molecule has 0 aromatic carbocycles. The summed E-state index contributed by atoms with van der Waals surface area (Å²) in [6.07, 6.45) is 8.01. The number of carboxylic acid groups (broad SMARTS) is 1. The van der Waals surface area contributed by atoms with Gasteiger partial charge >= 0.3 is 5.97 Å². The topological polar surface area (TPSA) is 74.7 Å². The zero-order chi connectivity index (χ0) is 15.0. The van der Waals surface area contributed by atoms with Crippen LogP contribution in [0.2, 0.25) is 0 Å². The van der Waals surface area contributed by atoms with E-state index in [0.29, 0.717) is 32.1 Å². The molecule has 1 saturated heterocycles. The molecule has 116 valence electrons. The van der Waals surface area contributed by atoms with Crippen molar-refractivity contribution < 1.29 is 19.5 Å². The molecule has 2 saturated carbocycles. The molecule has 3 aliphatic rings. The number of hydrogen-bond donors (Lipinski definition) is 1. The standard InChI is InChI=1S/C16H23NO4/c18-13-9-16(6-2-1-3-7-16)10-14(19)17(13)12-5-4-11(8-12)15(20)21/h11-12H,1-10H2,(H,20,21). The van der Waals surface area contributed by atoms with E-state index < -0.39 is 11.9 Å². The van der Waals surface area contributed by atoms with Crippen molar-refractivity contribution in [3.63, 3.8) is 0 Å². The number of carboxylic acids is 1. The summed E-state index contributed by atoms with van der Waals surface area (Å²) in [7, 11) is 0. The number of piperidine rings is 1. The van der Waals surface area contributed by atoms with Gasteiger partial charge in [0.2, 0.25) is 11.8 Å². The van der Waals surface area contributed by atoms with Crippen molar-refractivity contribution in [2.24, 2.45) is 11.3 Å². The molecule has 0 bridgehead atoms. The van der Waals surface area contributed by atoms with Gasteiger partial charge in [-0.1, -0.05) is 19.3 Å². The molecule has 0 radical (unpaired) electrons. The Bertz CT molecular complexity index is 447. The lowest BCUT2D eigenvalue weighted by Crippen LogP contribution is -2.52. The summed E-state index contributed by atoms with van der Waals surface area (Å²) in [6, 6.07) is -0.188. The number of aliphatic carboxylic acids is 1. The zero-order valence-electron chi connectivity index (χ0n) is 12.3. The first-order chi connectivity index (χ1) is 10.0. The molecular formula is C16H23NO4. The first kappa shape index (κ1) is 14.5. The highest BCUT2D eigenvalue weighted by atomic mass is 16.4. The number of nitrogens with zero attached hydrogens (tertiary/aromatic N) is 1. The van der Waals surface area contributed by atoms with Gasteiger partial charge in [0.1, 0.15) is 0 Å². The number of rotatable bonds is 2. The van der Waals surface area contributed by atoms with E-state index in [4.69, 9.17) is 5.11 Å². The predicted molar refractivity (Wildman–Crippen MR) is 75.4 cm³/mol. The van der Waals surface area contributed by atoms with Crippen LogP contribution in [0.15, 0.2) is 0 Å². The SMILES string of the molecule is O=C(O)C1CCC(N2C(=O)CC3(CCCCC3)CC2=O)C1. The van der Waals surface area contributed by atoms with Gasteiger partial charge < -0.3 is 5.11 Å². The first-order valence-electron chi connectivity index (χ1n) is 8.08. The zero-order valence-corrected chi connectivity index (χ0v) is 12.3. The summed E-state index contributed by atoms with van der Waals surface area (Å²) in [5.74, 6) is -1.34. The lowest BCUT2D eigenvalue weighted by molar-refractivity contribution is -0.158. The fourth-order valence-electron chi connectivity index (χ4n) is 4.49. The van der Waals surface area contributed by atoms with Gasteiger partial charge in [0.15, 0.2) is 0 Å². The highest BCUT2D eigenvalue weighted by molar-refractivity contribution is 5.99. The maximum Gasteiger partial charge on any atom is 0.306 e. The van der Waals surface area contributed by atoms with E-state index in [0.717, 1.165) is 25.7 Å². The minimum Gasteiger partial charge on any atom is -0.481 e. The number of likely N-dealkylation sites (tertiary alicyclic amines) is 1. The lowest BCUT2D eigenvalue weighted by atomic mass is 9.67. The van der Waals surface area contributed by atoms with Crippen LogP contribution in [0, 0.1) is 11.3 Å². The molecule has 2 amide bonds. The molecule has 2 unspecified atom stereocenters. The van der Waals surface area contributed by atoms with E-state index in [9.17, 15) is 14.4 Å². The minimum absolute atomic E-state index is 0.0656. The Morgan fingerprint density at radius 2 is 1.67 bits per heavy atom. The van der Waals surface area contributed by atoms with Gasteiger partial charge in [0.05, 0.1) is 5.92 Å². The summed E-state index contributed by atoms with van der Waals surface area (Å²) in [5.41, 5.74) is -0.0896. The van der Waals surface area contributed by atoms with Crippen molar-refractivity contribution in [1.82, 2.24) is 4.90 Å². The van der Waals surface area contributed by atoms with Gasteiger partial charge in [-0.2, -0.15) is 0 Å². The van der Waals surface area contributed by atoms with Crippen LogP contribution in [-0.4, -0.2) is 33.8 Å². The normalized spacial score (nSPS) is 32.7. The van der Waals surface area contributed by atoms with E-state index in [1.807, 2.05) is 0 Å². The predicted octanol–water partition coefficient (Wildman–Crippen LogP) is 2.34. The van der Waals surface area contributed by atoms with Crippen LogP contribution < -0.4 is 0 Å². The largest absolute Gasteiger partial charge is 0.481 e. The van der Waals surface area contributed by atoms with E-state index >= 15 is 0 Å². The van der Waals surface area contributed by atoms with Gasteiger partial charge in [0, 0.05) is 18.9 Å². The average molecular weight is 293 g/mol. The Morgan fingerprint density at radius 3 is 2.19 bits per heavy atom. The van der Waals surface area contributed by atoms with Gasteiger partial charge in [-0.3, -0.25) is 19.3 Å². The molecule has 1 aliphatic heterocycles. The van der Waals surface area contributed by atoms with Gasteiger partial charge in [-0.05, 0) is 37.5 Å². The third-order valence-electron chi connectivity index (χ3n) is 5.62. The lowest BCUT2D eigenvalue weighted by Gasteiger charge is -2.44. The number of carbonyl (C=O) groups excluding carboxylic acids is 2. The summed E-state index contributed by atoms with van der Waals surface area (Å²) in [5, 5.41) is 9.07. The molecule has 0 aromatic rings. The number of carbonyl (C=O) groups is 3. The van der Waals surface area contributed by atoms with Gasteiger partial charge in [-0.15, -0.1) is 0 Å². The molecule has 21 heavy (non-hydrogen) atoms. The summed E-state index contributed by atoms with van der Waals surface area (Å²) in [6.45, 7) is 0. The van der Waals surface area contributed by atoms with Crippen LogP contribution in [0.1, 0.15) is 64.2 Å². The van der Waals surface area contributed by atoms with Crippen LogP contribution in [0.3, 0.4) is 0 Å². The second kappa shape index (κ2) is 5.43. The van der Waals surface area contributed by atoms with Crippen LogP contribution in [0.25, 0.3) is 0 Å². The molecular weight excluding hydrogens is 270 g/mol. The molecule has 1 spiro atoms. The summed E-state index contributed by atoms with van der Waals surface area (Å²) < 4.78 is 0. The van der Waals surface area contributed by atoms with E-state index in [2.05, 4.69) is 0 Å². The van der Waals surface area contributed by atoms with Crippen molar-refractivity contribution in [3.8, 4) is 0 Å². The maximum absolute atomic E-state index is 12.5. The Kier molecular flexibility index (Phi) is 3.76. The second-order valence-electron chi connectivity index (χ2n) is 7.07. The number of imide groups is 1. The number of amides is 2. The highest BCUT2D eigenvalue weighted by Crippen LogP contribution is 2.46. The molecule has 5 heteroatoms. The molecule has 2 aliphatic carbocycles. The van der Waals surface area contributed by atoms with Gasteiger partial charge in [0.25, 0.3) is 0 Å². The third kappa shape index (κ3) is 2.70. The number of hydrogen-bond acceptors (Lipinski definition) is 3. The van der Waals surface area contributed by atoms with Crippen LogP contribution >= 0.6 is 0 Å².